The predicted molar refractivity (Wildman–Crippen MR) is 119 cm³/mol. The van der Waals surface area contributed by atoms with E-state index in [1.54, 1.807) is 14.2 Å². The van der Waals surface area contributed by atoms with Crippen LogP contribution in [0.15, 0.2) is 42.5 Å². The Morgan fingerprint density at radius 2 is 1.90 bits per heavy atom. The van der Waals surface area contributed by atoms with Crippen molar-refractivity contribution in [1.82, 2.24) is 14.9 Å². The van der Waals surface area contributed by atoms with Crippen LogP contribution in [0, 0.1) is 5.92 Å². The van der Waals surface area contributed by atoms with Crippen LogP contribution < -0.4 is 14.8 Å². The predicted octanol–water partition coefficient (Wildman–Crippen LogP) is 4.00. The fraction of sp³-hybridized carbons (Fsp3) is 0.417. The minimum Gasteiger partial charge on any atom is -0.493 e. The van der Waals surface area contributed by atoms with Crippen molar-refractivity contribution in [3.63, 3.8) is 0 Å². The average molecular weight is 410 g/mol. The second kappa shape index (κ2) is 10.1. The highest BCUT2D eigenvalue weighted by atomic mass is 16.5. The van der Waals surface area contributed by atoms with Crippen LogP contribution in [-0.2, 0) is 24.2 Å². The van der Waals surface area contributed by atoms with Gasteiger partial charge in [-0.3, -0.25) is 4.79 Å². The van der Waals surface area contributed by atoms with Crippen molar-refractivity contribution in [3.05, 3.63) is 53.9 Å². The zero-order chi connectivity index (χ0) is 21.5. The third-order valence-corrected chi connectivity index (χ3v) is 5.41. The number of hydrogen-bond acceptors (Lipinski definition) is 4. The number of carbonyl (C=O) groups is 1. The normalized spacial score (nSPS) is 12.0. The van der Waals surface area contributed by atoms with E-state index in [0.717, 1.165) is 35.4 Å². The highest BCUT2D eigenvalue weighted by Gasteiger charge is 2.13. The first-order chi connectivity index (χ1) is 14.5. The number of benzene rings is 2. The van der Waals surface area contributed by atoms with Gasteiger partial charge in [0.1, 0.15) is 5.82 Å². The molecule has 0 fully saturated rings. The molecule has 0 radical (unpaired) electrons. The zero-order valence-corrected chi connectivity index (χ0v) is 18.3. The molecule has 3 aromatic rings. The molecule has 6 nitrogen and oxygen atoms in total. The van der Waals surface area contributed by atoms with E-state index >= 15 is 0 Å². The highest BCUT2D eigenvalue weighted by molar-refractivity contribution is 5.79. The molecule has 160 valence electrons. The fourth-order valence-electron chi connectivity index (χ4n) is 3.51. The molecule has 1 aromatic heterocycles. The molecule has 0 saturated heterocycles. The van der Waals surface area contributed by atoms with Crippen molar-refractivity contribution in [2.75, 3.05) is 20.8 Å². The third kappa shape index (κ3) is 5.12. The second-order valence-electron chi connectivity index (χ2n) is 7.61. The number of amides is 1. The third-order valence-electron chi connectivity index (χ3n) is 5.41. The maximum atomic E-state index is 12.4. The number of hydrogen-bond donors (Lipinski definition) is 1. The molecule has 0 saturated carbocycles. The summed E-state index contributed by atoms with van der Waals surface area (Å²) in [6.45, 7) is 5.95. The molecule has 1 unspecified atom stereocenters. The molecule has 1 N–H and O–H groups in total. The van der Waals surface area contributed by atoms with Crippen molar-refractivity contribution >= 4 is 16.9 Å². The quantitative estimate of drug-likeness (QED) is 0.550. The Labute approximate surface area is 178 Å². The van der Waals surface area contributed by atoms with E-state index in [4.69, 9.17) is 14.5 Å². The monoisotopic (exact) mass is 409 g/mol. The number of fused-ring (bicyclic) bond motifs is 1. The van der Waals surface area contributed by atoms with Gasteiger partial charge in [0.05, 0.1) is 31.7 Å². The van der Waals surface area contributed by atoms with Crippen molar-refractivity contribution in [2.24, 2.45) is 5.92 Å². The summed E-state index contributed by atoms with van der Waals surface area (Å²) in [5.41, 5.74) is 3.05. The first kappa shape index (κ1) is 21.7. The summed E-state index contributed by atoms with van der Waals surface area (Å²) in [7, 11) is 3.19. The van der Waals surface area contributed by atoms with Crippen molar-refractivity contribution in [1.29, 1.82) is 0 Å². The summed E-state index contributed by atoms with van der Waals surface area (Å²) in [6, 6.07) is 13.8. The van der Waals surface area contributed by atoms with E-state index in [1.165, 1.54) is 0 Å². The van der Waals surface area contributed by atoms with Crippen molar-refractivity contribution in [3.8, 4) is 11.5 Å². The van der Waals surface area contributed by atoms with Crippen LogP contribution in [0.5, 0.6) is 11.5 Å². The largest absolute Gasteiger partial charge is 0.493 e. The lowest BCUT2D eigenvalue weighted by Crippen LogP contribution is -2.28. The molecule has 0 aliphatic heterocycles. The fourth-order valence-corrected chi connectivity index (χ4v) is 3.51. The molecule has 2 aromatic carbocycles. The Morgan fingerprint density at radius 1 is 1.13 bits per heavy atom. The standard InChI is InChI=1S/C24H31N3O3/c1-5-17(2)16-27-20-9-7-6-8-19(20)26-23(27)12-13-25-24(28)15-18-10-11-21(29-3)22(14-18)30-4/h6-11,14,17H,5,12-13,15-16H2,1-4H3,(H,25,28). The van der Waals surface area contributed by atoms with Crippen LogP contribution in [0.1, 0.15) is 31.7 Å². The Kier molecular flexibility index (Phi) is 7.33. The Bertz CT molecular complexity index is 997. The van der Waals surface area contributed by atoms with Crippen LogP contribution in [0.4, 0.5) is 0 Å². The van der Waals surface area contributed by atoms with Crippen LogP contribution >= 0.6 is 0 Å². The topological polar surface area (TPSA) is 65.4 Å². The Balaban J connectivity index is 1.63. The number of ether oxygens (including phenoxy) is 2. The lowest BCUT2D eigenvalue weighted by molar-refractivity contribution is -0.120. The SMILES string of the molecule is CCC(C)Cn1c(CCNC(=O)Cc2ccc(OC)c(OC)c2)nc2ccccc21. The molecule has 1 amide bonds. The molecule has 0 aliphatic rings. The van der Waals surface area contributed by atoms with Gasteiger partial charge in [-0.05, 0) is 35.7 Å². The van der Waals surface area contributed by atoms with Gasteiger partial charge < -0.3 is 19.4 Å². The Hall–Kier alpha value is -3.02. The minimum atomic E-state index is -0.0215. The molecular formula is C24H31N3O3. The van der Waals surface area contributed by atoms with E-state index in [1.807, 2.05) is 36.4 Å². The van der Waals surface area contributed by atoms with E-state index in [-0.39, 0.29) is 5.91 Å². The van der Waals surface area contributed by atoms with Gasteiger partial charge in [0.25, 0.3) is 0 Å². The number of imidazole rings is 1. The average Bonchev–Trinajstić information content (AvgIpc) is 3.10. The van der Waals surface area contributed by atoms with Crippen molar-refractivity contribution in [2.45, 2.75) is 39.7 Å². The van der Waals surface area contributed by atoms with Gasteiger partial charge in [0.15, 0.2) is 11.5 Å². The Morgan fingerprint density at radius 3 is 2.63 bits per heavy atom. The van der Waals surface area contributed by atoms with Crippen molar-refractivity contribution < 1.29 is 14.3 Å². The van der Waals surface area contributed by atoms with E-state index < -0.39 is 0 Å². The van der Waals surface area contributed by atoms with E-state index in [2.05, 4.69) is 29.8 Å². The summed E-state index contributed by atoms with van der Waals surface area (Å²) in [6.07, 6.45) is 2.11. The lowest BCUT2D eigenvalue weighted by atomic mass is 10.1. The highest BCUT2D eigenvalue weighted by Crippen LogP contribution is 2.27. The number of methoxy groups -OCH3 is 2. The first-order valence-electron chi connectivity index (χ1n) is 10.5. The van der Waals surface area contributed by atoms with Gasteiger partial charge in [0, 0.05) is 19.5 Å². The molecule has 6 heteroatoms. The molecule has 1 heterocycles. The summed E-state index contributed by atoms with van der Waals surface area (Å²) >= 11 is 0. The maximum absolute atomic E-state index is 12.4. The minimum absolute atomic E-state index is 0.0215. The number of nitrogens with one attached hydrogen (secondary N) is 1. The number of aromatic nitrogens is 2. The van der Waals surface area contributed by atoms with Gasteiger partial charge >= 0.3 is 0 Å². The van der Waals surface area contributed by atoms with E-state index in [0.29, 0.717) is 36.8 Å². The van der Waals surface area contributed by atoms with E-state index in [9.17, 15) is 4.79 Å². The molecule has 1 atom stereocenters. The van der Waals surface area contributed by atoms with Crippen LogP contribution in [0.2, 0.25) is 0 Å². The van der Waals surface area contributed by atoms with Gasteiger partial charge in [-0.2, -0.15) is 0 Å². The number of nitrogens with zero attached hydrogens (tertiary/aromatic N) is 2. The summed E-state index contributed by atoms with van der Waals surface area (Å²) in [5.74, 6) is 2.85. The molecule has 0 spiro atoms. The van der Waals surface area contributed by atoms with Crippen LogP contribution in [0.25, 0.3) is 11.0 Å². The number of rotatable bonds is 10. The molecule has 0 aliphatic carbocycles. The summed E-state index contributed by atoms with van der Waals surface area (Å²) in [5, 5.41) is 3.02. The maximum Gasteiger partial charge on any atom is 0.224 e. The number of para-hydroxylation sites is 2. The first-order valence-corrected chi connectivity index (χ1v) is 10.5. The molecule has 0 bridgehead atoms. The molecule has 3 rings (SSSR count). The van der Waals surface area contributed by atoms with Gasteiger partial charge in [-0.25, -0.2) is 4.98 Å². The lowest BCUT2D eigenvalue weighted by Gasteiger charge is -2.14. The van der Waals surface area contributed by atoms with Gasteiger partial charge in [-0.15, -0.1) is 0 Å². The van der Waals surface area contributed by atoms with Crippen LogP contribution in [-0.4, -0.2) is 36.2 Å². The zero-order valence-electron chi connectivity index (χ0n) is 18.3. The van der Waals surface area contributed by atoms with Gasteiger partial charge in [-0.1, -0.05) is 38.5 Å². The second-order valence-corrected chi connectivity index (χ2v) is 7.61. The van der Waals surface area contributed by atoms with Gasteiger partial charge in [0.2, 0.25) is 5.91 Å². The molecule has 30 heavy (non-hydrogen) atoms. The number of carbonyl (C=O) groups excluding carboxylic acids is 1. The smallest absolute Gasteiger partial charge is 0.224 e. The molecular weight excluding hydrogens is 378 g/mol. The summed E-state index contributed by atoms with van der Waals surface area (Å²) in [4.78, 5) is 17.2. The van der Waals surface area contributed by atoms with Crippen LogP contribution in [0.3, 0.4) is 0 Å². The summed E-state index contributed by atoms with van der Waals surface area (Å²) < 4.78 is 12.9.